The molecule has 1 rings (SSSR count). The maximum absolute atomic E-state index is 10.2. The molecule has 3 nitrogen and oxygen atoms in total. The molecule has 0 fully saturated rings. The van der Waals surface area contributed by atoms with Crippen LogP contribution in [0.4, 0.5) is 0 Å². The summed E-state index contributed by atoms with van der Waals surface area (Å²) < 4.78 is 5.05. The van der Waals surface area contributed by atoms with E-state index < -0.39 is 5.97 Å². The molecule has 0 aliphatic carbocycles. The van der Waals surface area contributed by atoms with Gasteiger partial charge in [-0.05, 0) is 19.1 Å². The molecule has 0 bridgehead atoms. The summed E-state index contributed by atoms with van der Waals surface area (Å²) in [5, 5.41) is 8.41. The van der Waals surface area contributed by atoms with E-state index in [1.165, 1.54) is 6.08 Å². The minimum absolute atomic E-state index is 0.555. The lowest BCUT2D eigenvalue weighted by atomic mass is 10.2. The number of rotatable bonds is 3. The summed E-state index contributed by atoms with van der Waals surface area (Å²) in [5.74, 6) is -0.135. The number of hydrogen-bond donors (Lipinski definition) is 1. The maximum Gasteiger partial charge on any atom is 0.328 e. The summed E-state index contributed by atoms with van der Waals surface area (Å²) in [6.45, 7) is 1.76. The number of allylic oxidation sites excluding steroid dienone is 1. The van der Waals surface area contributed by atoms with E-state index in [9.17, 15) is 4.79 Å². The third-order valence-corrected chi connectivity index (χ3v) is 1.40. The first kappa shape index (κ1) is 8.59. The van der Waals surface area contributed by atoms with Crippen LogP contribution in [0.15, 0.2) is 34.5 Å². The maximum atomic E-state index is 10.2. The minimum atomic E-state index is -0.918. The second kappa shape index (κ2) is 3.76. The van der Waals surface area contributed by atoms with Crippen LogP contribution in [-0.4, -0.2) is 11.1 Å². The van der Waals surface area contributed by atoms with E-state index in [1.54, 1.807) is 19.3 Å². The first-order chi connectivity index (χ1) is 5.68. The van der Waals surface area contributed by atoms with Gasteiger partial charge in [0.05, 0.1) is 6.26 Å². The summed E-state index contributed by atoms with van der Waals surface area (Å²) in [6, 6.07) is 3.60. The van der Waals surface area contributed by atoms with Gasteiger partial charge in [-0.15, -0.1) is 0 Å². The average molecular weight is 166 g/mol. The molecule has 0 unspecified atom stereocenters. The van der Waals surface area contributed by atoms with Gasteiger partial charge >= 0.3 is 5.97 Å². The molecule has 0 saturated carbocycles. The molecule has 1 aromatic rings. The fourth-order valence-corrected chi connectivity index (χ4v) is 0.950. The van der Waals surface area contributed by atoms with Crippen molar-refractivity contribution in [3.63, 3.8) is 0 Å². The van der Waals surface area contributed by atoms with Gasteiger partial charge in [-0.25, -0.2) is 4.79 Å². The van der Waals surface area contributed by atoms with Gasteiger partial charge in [0.2, 0.25) is 0 Å². The summed E-state index contributed by atoms with van der Waals surface area (Å²) in [7, 11) is 0. The van der Waals surface area contributed by atoms with Crippen LogP contribution in [0.3, 0.4) is 0 Å². The lowest BCUT2D eigenvalue weighted by molar-refractivity contribution is -0.131. The number of furan rings is 1. The molecule has 0 radical (unpaired) electrons. The molecule has 0 saturated heterocycles. The monoisotopic (exact) mass is 166 g/mol. The van der Waals surface area contributed by atoms with E-state index >= 15 is 0 Å². The highest BCUT2D eigenvalue weighted by atomic mass is 16.4. The molecule has 1 heterocycles. The van der Waals surface area contributed by atoms with Crippen LogP contribution < -0.4 is 0 Å². The molecule has 64 valence electrons. The van der Waals surface area contributed by atoms with Crippen LogP contribution in [0.5, 0.6) is 0 Å². The summed E-state index contributed by atoms with van der Waals surface area (Å²) in [4.78, 5) is 10.2. The smallest absolute Gasteiger partial charge is 0.328 e. The van der Waals surface area contributed by atoms with Gasteiger partial charge in [0.1, 0.15) is 5.76 Å². The van der Waals surface area contributed by atoms with Crippen molar-refractivity contribution < 1.29 is 14.3 Å². The van der Waals surface area contributed by atoms with Crippen molar-refractivity contribution in [3.8, 4) is 0 Å². The summed E-state index contributed by atoms with van der Waals surface area (Å²) in [5.41, 5.74) is 0.775. The Hall–Kier alpha value is -1.51. The Kier molecular flexibility index (Phi) is 2.69. The van der Waals surface area contributed by atoms with E-state index in [2.05, 4.69) is 0 Å². The van der Waals surface area contributed by atoms with Gasteiger partial charge in [-0.2, -0.15) is 0 Å². The van der Waals surface area contributed by atoms with Crippen molar-refractivity contribution >= 4 is 5.97 Å². The second-order valence-electron chi connectivity index (χ2n) is 2.59. The molecule has 0 atom stereocenters. The predicted molar refractivity (Wildman–Crippen MR) is 43.8 cm³/mol. The predicted octanol–water partition coefficient (Wildman–Crippen LogP) is 1.85. The van der Waals surface area contributed by atoms with Crippen molar-refractivity contribution in [1.82, 2.24) is 0 Å². The lowest BCUT2D eigenvalue weighted by Gasteiger charge is -1.94. The standard InChI is InChI=1S/C9H10O3/c1-7(6-9(10)11)5-8-3-2-4-12-8/h2-4,6H,5H2,1H3,(H,10,11)/b7-6-. The Bertz CT molecular complexity index is 283. The molecular formula is C9H10O3. The zero-order valence-corrected chi connectivity index (χ0v) is 6.78. The summed E-state index contributed by atoms with van der Waals surface area (Å²) in [6.07, 6.45) is 3.31. The third kappa shape index (κ3) is 2.62. The van der Waals surface area contributed by atoms with E-state index in [-0.39, 0.29) is 0 Å². The first-order valence-electron chi connectivity index (χ1n) is 3.61. The minimum Gasteiger partial charge on any atom is -0.478 e. The van der Waals surface area contributed by atoms with Crippen LogP contribution in [0.1, 0.15) is 12.7 Å². The molecule has 0 spiro atoms. The van der Waals surface area contributed by atoms with Crippen molar-refractivity contribution in [2.75, 3.05) is 0 Å². The largest absolute Gasteiger partial charge is 0.478 e. The lowest BCUT2D eigenvalue weighted by Crippen LogP contribution is -1.92. The van der Waals surface area contributed by atoms with Crippen molar-refractivity contribution in [3.05, 3.63) is 35.8 Å². The fourth-order valence-electron chi connectivity index (χ4n) is 0.950. The molecule has 3 heteroatoms. The highest BCUT2D eigenvalue weighted by Crippen LogP contribution is 2.07. The van der Waals surface area contributed by atoms with Crippen molar-refractivity contribution in [2.45, 2.75) is 13.3 Å². The van der Waals surface area contributed by atoms with E-state index in [1.807, 2.05) is 6.07 Å². The van der Waals surface area contributed by atoms with Crippen LogP contribution in [0.25, 0.3) is 0 Å². The molecule has 0 aliphatic heterocycles. The number of carboxylic acids is 1. The first-order valence-corrected chi connectivity index (χ1v) is 3.61. The van der Waals surface area contributed by atoms with Crippen LogP contribution in [0.2, 0.25) is 0 Å². The van der Waals surface area contributed by atoms with Gasteiger partial charge < -0.3 is 9.52 Å². The Balaban J connectivity index is 2.58. The molecule has 0 aromatic carbocycles. The normalized spacial score (nSPS) is 11.6. The Morgan fingerprint density at radius 1 is 1.75 bits per heavy atom. The molecular weight excluding hydrogens is 156 g/mol. The van der Waals surface area contributed by atoms with E-state index in [4.69, 9.17) is 9.52 Å². The Morgan fingerprint density at radius 3 is 3.00 bits per heavy atom. The van der Waals surface area contributed by atoms with Gasteiger partial charge in [0.15, 0.2) is 0 Å². The van der Waals surface area contributed by atoms with E-state index in [0.717, 1.165) is 11.3 Å². The van der Waals surface area contributed by atoms with Crippen molar-refractivity contribution in [1.29, 1.82) is 0 Å². The van der Waals surface area contributed by atoms with Gasteiger partial charge in [-0.3, -0.25) is 0 Å². The quantitative estimate of drug-likeness (QED) is 0.697. The third-order valence-electron chi connectivity index (χ3n) is 1.40. The Morgan fingerprint density at radius 2 is 2.50 bits per heavy atom. The number of aliphatic carboxylic acids is 1. The van der Waals surface area contributed by atoms with Crippen LogP contribution in [0, 0.1) is 0 Å². The fraction of sp³-hybridized carbons (Fsp3) is 0.222. The van der Waals surface area contributed by atoms with Gasteiger partial charge in [-0.1, -0.05) is 5.57 Å². The number of hydrogen-bond acceptors (Lipinski definition) is 2. The molecule has 0 aliphatic rings. The van der Waals surface area contributed by atoms with Crippen molar-refractivity contribution in [2.24, 2.45) is 0 Å². The molecule has 1 N–H and O–H groups in total. The zero-order chi connectivity index (χ0) is 8.97. The summed E-state index contributed by atoms with van der Waals surface area (Å²) >= 11 is 0. The van der Waals surface area contributed by atoms with Gasteiger partial charge in [0, 0.05) is 12.5 Å². The zero-order valence-electron chi connectivity index (χ0n) is 6.78. The highest BCUT2D eigenvalue weighted by molar-refractivity contribution is 5.80. The molecule has 12 heavy (non-hydrogen) atoms. The van der Waals surface area contributed by atoms with Gasteiger partial charge in [0.25, 0.3) is 0 Å². The second-order valence-corrected chi connectivity index (χ2v) is 2.59. The van der Waals surface area contributed by atoms with Crippen LogP contribution >= 0.6 is 0 Å². The average Bonchev–Trinajstić information content (AvgIpc) is 2.37. The van der Waals surface area contributed by atoms with E-state index in [0.29, 0.717) is 6.42 Å². The van der Waals surface area contributed by atoms with Crippen LogP contribution in [-0.2, 0) is 11.2 Å². The number of carboxylic acid groups (broad SMARTS) is 1. The Labute approximate surface area is 70.3 Å². The SMILES string of the molecule is C/C(=C/C(=O)O)Cc1ccco1. The number of carbonyl (C=O) groups is 1. The highest BCUT2D eigenvalue weighted by Gasteiger charge is 1.98. The molecule has 1 aromatic heterocycles. The molecule has 0 amide bonds. The topological polar surface area (TPSA) is 50.4 Å².